The van der Waals surface area contributed by atoms with E-state index < -0.39 is 0 Å². The summed E-state index contributed by atoms with van der Waals surface area (Å²) in [6.07, 6.45) is 4.15. The van der Waals surface area contributed by atoms with Crippen LogP contribution in [0.2, 0.25) is 0 Å². The standard InChI is InChI=1S/C29H28BrN5O2/c1-4-5-10-28-33-26-14-12-23(30)15-25(26)29(36)35(28)32-18-21-11-13-24(34(2)3)16-27(21)37-19-22-9-7-6-8-20(22)17-31/h6-9,11-16,18H,4-5,10,19H2,1-3H3. The van der Waals surface area contributed by atoms with Crippen LogP contribution in [0.15, 0.2) is 75.0 Å². The van der Waals surface area contributed by atoms with Gasteiger partial charge >= 0.3 is 0 Å². The molecule has 8 heteroatoms. The maximum absolute atomic E-state index is 13.4. The summed E-state index contributed by atoms with van der Waals surface area (Å²) in [7, 11) is 3.91. The second-order valence-corrected chi connectivity index (χ2v) is 9.74. The highest BCUT2D eigenvalue weighted by atomic mass is 79.9. The monoisotopic (exact) mass is 557 g/mol. The van der Waals surface area contributed by atoms with Crippen molar-refractivity contribution in [3.63, 3.8) is 0 Å². The number of aromatic nitrogens is 2. The summed E-state index contributed by atoms with van der Waals surface area (Å²) >= 11 is 3.45. The van der Waals surface area contributed by atoms with Crippen LogP contribution in [0.25, 0.3) is 10.9 Å². The first-order valence-electron chi connectivity index (χ1n) is 12.1. The summed E-state index contributed by atoms with van der Waals surface area (Å²) in [6, 6.07) is 20.9. The molecule has 0 radical (unpaired) electrons. The molecule has 0 aliphatic heterocycles. The molecule has 188 valence electrons. The Bertz CT molecular complexity index is 1550. The van der Waals surface area contributed by atoms with Gasteiger partial charge in [0.05, 0.1) is 28.8 Å². The van der Waals surface area contributed by atoms with Gasteiger partial charge in [-0.1, -0.05) is 47.5 Å². The van der Waals surface area contributed by atoms with Gasteiger partial charge in [-0.25, -0.2) is 4.98 Å². The van der Waals surface area contributed by atoms with Crippen LogP contribution in [-0.2, 0) is 13.0 Å². The Morgan fingerprint density at radius 1 is 1.16 bits per heavy atom. The lowest BCUT2D eigenvalue weighted by Crippen LogP contribution is -2.22. The highest BCUT2D eigenvalue weighted by Gasteiger charge is 2.12. The van der Waals surface area contributed by atoms with Crippen LogP contribution in [0.5, 0.6) is 5.75 Å². The number of ether oxygens (including phenoxy) is 1. The average molecular weight is 558 g/mol. The van der Waals surface area contributed by atoms with E-state index >= 15 is 0 Å². The zero-order chi connectivity index (χ0) is 26.4. The van der Waals surface area contributed by atoms with Crippen molar-refractivity contribution in [3.05, 3.63) is 98.0 Å². The minimum absolute atomic E-state index is 0.219. The second-order valence-electron chi connectivity index (χ2n) is 8.83. The molecule has 0 unspecified atom stereocenters. The van der Waals surface area contributed by atoms with Crippen molar-refractivity contribution in [2.75, 3.05) is 19.0 Å². The van der Waals surface area contributed by atoms with Gasteiger partial charge in [-0.05, 0) is 42.8 Å². The topological polar surface area (TPSA) is 83.5 Å². The Balaban J connectivity index is 1.75. The van der Waals surface area contributed by atoms with Crippen LogP contribution >= 0.6 is 15.9 Å². The van der Waals surface area contributed by atoms with E-state index in [2.05, 4.69) is 34.0 Å². The number of aryl methyl sites for hydroxylation is 1. The van der Waals surface area contributed by atoms with Crippen molar-refractivity contribution in [1.82, 2.24) is 9.66 Å². The maximum Gasteiger partial charge on any atom is 0.282 e. The lowest BCUT2D eigenvalue weighted by molar-refractivity contribution is 0.305. The summed E-state index contributed by atoms with van der Waals surface area (Å²) in [4.78, 5) is 20.1. The molecule has 0 spiro atoms. The van der Waals surface area contributed by atoms with Gasteiger partial charge in [0.25, 0.3) is 5.56 Å². The molecule has 0 amide bonds. The molecule has 0 fully saturated rings. The fourth-order valence-corrected chi connectivity index (χ4v) is 4.24. The first kappa shape index (κ1) is 26.1. The number of anilines is 1. The Hall–Kier alpha value is -3.96. The van der Waals surface area contributed by atoms with E-state index in [1.54, 1.807) is 18.3 Å². The molecular formula is C29H28BrN5O2. The number of hydrogen-bond donors (Lipinski definition) is 0. The van der Waals surface area contributed by atoms with Crippen LogP contribution < -0.4 is 15.2 Å². The quantitative estimate of drug-likeness (QED) is 0.239. The number of unbranched alkanes of at least 4 members (excludes halogenated alkanes) is 1. The smallest absolute Gasteiger partial charge is 0.282 e. The van der Waals surface area contributed by atoms with Crippen LogP contribution in [0.1, 0.15) is 42.3 Å². The van der Waals surface area contributed by atoms with E-state index in [-0.39, 0.29) is 12.2 Å². The van der Waals surface area contributed by atoms with E-state index in [0.717, 1.165) is 28.6 Å². The first-order chi connectivity index (χ1) is 17.9. The molecule has 0 aliphatic rings. The summed E-state index contributed by atoms with van der Waals surface area (Å²) in [5.41, 5.74) is 3.47. The third-order valence-electron chi connectivity index (χ3n) is 5.98. The predicted octanol–water partition coefficient (Wildman–Crippen LogP) is 5.90. The molecule has 0 N–H and O–H groups in total. The van der Waals surface area contributed by atoms with Crippen molar-refractivity contribution >= 4 is 38.7 Å². The summed E-state index contributed by atoms with van der Waals surface area (Å²) in [6.45, 7) is 2.33. The van der Waals surface area contributed by atoms with E-state index in [1.165, 1.54) is 4.68 Å². The molecule has 0 saturated heterocycles. The van der Waals surface area contributed by atoms with E-state index in [4.69, 9.17) is 9.72 Å². The molecule has 4 aromatic rings. The Morgan fingerprint density at radius 2 is 1.97 bits per heavy atom. The van der Waals surface area contributed by atoms with Crippen molar-refractivity contribution in [2.24, 2.45) is 5.10 Å². The highest BCUT2D eigenvalue weighted by Crippen LogP contribution is 2.25. The number of hydrogen-bond acceptors (Lipinski definition) is 6. The summed E-state index contributed by atoms with van der Waals surface area (Å²) in [5, 5.41) is 14.5. The molecular weight excluding hydrogens is 530 g/mol. The predicted molar refractivity (Wildman–Crippen MR) is 152 cm³/mol. The normalized spacial score (nSPS) is 11.1. The fraction of sp³-hybridized carbons (Fsp3) is 0.241. The lowest BCUT2D eigenvalue weighted by atomic mass is 10.1. The molecule has 0 aliphatic carbocycles. The Morgan fingerprint density at radius 3 is 2.73 bits per heavy atom. The zero-order valence-electron chi connectivity index (χ0n) is 21.1. The summed E-state index contributed by atoms with van der Waals surface area (Å²) < 4.78 is 8.37. The zero-order valence-corrected chi connectivity index (χ0v) is 22.7. The molecule has 0 atom stereocenters. The molecule has 7 nitrogen and oxygen atoms in total. The lowest BCUT2D eigenvalue weighted by Gasteiger charge is -2.16. The molecule has 1 aromatic heterocycles. The SMILES string of the molecule is CCCCc1nc2ccc(Br)cc2c(=O)n1N=Cc1ccc(N(C)C)cc1OCc1ccccc1C#N. The van der Waals surface area contributed by atoms with Gasteiger partial charge in [0.15, 0.2) is 0 Å². The van der Waals surface area contributed by atoms with Crippen molar-refractivity contribution in [1.29, 1.82) is 5.26 Å². The van der Waals surface area contributed by atoms with Crippen LogP contribution in [0.4, 0.5) is 5.69 Å². The molecule has 0 saturated carbocycles. The first-order valence-corrected chi connectivity index (χ1v) is 12.9. The highest BCUT2D eigenvalue weighted by molar-refractivity contribution is 9.10. The Kier molecular flexibility index (Phi) is 8.36. The number of benzene rings is 3. The van der Waals surface area contributed by atoms with Crippen molar-refractivity contribution in [2.45, 2.75) is 32.8 Å². The van der Waals surface area contributed by atoms with Crippen molar-refractivity contribution in [3.8, 4) is 11.8 Å². The van der Waals surface area contributed by atoms with Crippen LogP contribution in [0, 0.1) is 11.3 Å². The Labute approximate surface area is 224 Å². The van der Waals surface area contributed by atoms with Gasteiger partial charge in [-0.2, -0.15) is 15.0 Å². The number of rotatable bonds is 9. The third-order valence-corrected chi connectivity index (χ3v) is 6.47. The van der Waals surface area contributed by atoms with E-state index in [0.29, 0.717) is 40.0 Å². The van der Waals surface area contributed by atoms with Gasteiger partial charge in [-0.3, -0.25) is 4.79 Å². The number of nitrogens with zero attached hydrogens (tertiary/aromatic N) is 5. The van der Waals surface area contributed by atoms with Gasteiger partial charge in [0.2, 0.25) is 0 Å². The molecule has 1 heterocycles. The van der Waals surface area contributed by atoms with Crippen LogP contribution in [0.3, 0.4) is 0 Å². The molecule has 4 rings (SSSR count). The van der Waals surface area contributed by atoms with Crippen molar-refractivity contribution < 1.29 is 4.74 Å². The molecule has 37 heavy (non-hydrogen) atoms. The third kappa shape index (κ3) is 6.07. The largest absolute Gasteiger partial charge is 0.488 e. The number of halogens is 1. The minimum Gasteiger partial charge on any atom is -0.488 e. The number of fused-ring (bicyclic) bond motifs is 1. The van der Waals surface area contributed by atoms with Gasteiger partial charge in [0, 0.05) is 47.9 Å². The van der Waals surface area contributed by atoms with E-state index in [9.17, 15) is 10.1 Å². The van der Waals surface area contributed by atoms with Crippen LogP contribution in [-0.4, -0.2) is 30.0 Å². The molecule has 3 aromatic carbocycles. The van der Waals surface area contributed by atoms with E-state index in [1.807, 2.05) is 67.5 Å². The maximum atomic E-state index is 13.4. The van der Waals surface area contributed by atoms with Gasteiger partial charge < -0.3 is 9.64 Å². The fourth-order valence-electron chi connectivity index (χ4n) is 3.87. The average Bonchev–Trinajstić information content (AvgIpc) is 2.91. The summed E-state index contributed by atoms with van der Waals surface area (Å²) in [5.74, 6) is 1.22. The second kappa shape index (κ2) is 11.8. The number of nitriles is 1. The van der Waals surface area contributed by atoms with Gasteiger partial charge in [-0.15, -0.1) is 0 Å². The minimum atomic E-state index is -0.219. The van der Waals surface area contributed by atoms with Gasteiger partial charge in [0.1, 0.15) is 18.2 Å². The molecule has 0 bridgehead atoms.